The van der Waals surface area contributed by atoms with Crippen molar-refractivity contribution in [1.82, 2.24) is 24.7 Å². The lowest BCUT2D eigenvalue weighted by atomic mass is 9.87. The van der Waals surface area contributed by atoms with Gasteiger partial charge in [-0.15, -0.1) is 0 Å². The van der Waals surface area contributed by atoms with Gasteiger partial charge in [-0.1, -0.05) is 55.1 Å². The Kier molecular flexibility index (Phi) is 6.85. The highest BCUT2D eigenvalue weighted by Crippen LogP contribution is 2.33. The van der Waals surface area contributed by atoms with Gasteiger partial charge in [0.2, 0.25) is 5.91 Å². The smallest absolute Gasteiger partial charge is 0.326 e. The molecule has 190 valence electrons. The van der Waals surface area contributed by atoms with Gasteiger partial charge >= 0.3 is 11.7 Å². The number of rotatable bonds is 7. The van der Waals surface area contributed by atoms with Crippen LogP contribution in [0, 0.1) is 11.8 Å². The average molecular weight is 490 g/mol. The van der Waals surface area contributed by atoms with E-state index in [-0.39, 0.29) is 29.6 Å². The van der Waals surface area contributed by atoms with E-state index in [1.54, 1.807) is 15.5 Å². The number of aromatic nitrogens is 2. The van der Waals surface area contributed by atoms with Crippen LogP contribution in [0.3, 0.4) is 0 Å². The Morgan fingerprint density at radius 2 is 1.83 bits per heavy atom. The fraction of sp³-hybridized carbons (Fsp3) is 0.464. The molecule has 1 aromatic carbocycles. The number of amides is 3. The molecule has 3 amide bonds. The van der Waals surface area contributed by atoms with Crippen LogP contribution in [0.25, 0.3) is 11.3 Å². The van der Waals surface area contributed by atoms with Gasteiger partial charge in [0.1, 0.15) is 6.04 Å². The van der Waals surface area contributed by atoms with Gasteiger partial charge in [0.25, 0.3) is 0 Å². The first kappa shape index (κ1) is 24.2. The molecule has 3 fully saturated rings. The molecule has 8 nitrogen and oxygen atoms in total. The second kappa shape index (κ2) is 10.2. The molecule has 3 aliphatic rings. The number of carbonyl (C=O) groups is 2. The first-order chi connectivity index (χ1) is 17.4. The van der Waals surface area contributed by atoms with E-state index in [4.69, 9.17) is 0 Å². The number of hydrogen-bond acceptors (Lipinski definition) is 3. The molecule has 2 unspecified atom stereocenters. The van der Waals surface area contributed by atoms with Crippen molar-refractivity contribution in [3.05, 3.63) is 71.8 Å². The first-order valence-electron chi connectivity index (χ1n) is 12.9. The van der Waals surface area contributed by atoms with E-state index in [9.17, 15) is 14.4 Å². The molecule has 1 aliphatic carbocycles. The molecule has 0 spiro atoms. The highest BCUT2D eigenvalue weighted by atomic mass is 16.2. The predicted octanol–water partition coefficient (Wildman–Crippen LogP) is 3.56. The lowest BCUT2D eigenvalue weighted by molar-refractivity contribution is -0.137. The number of H-pyrrole nitrogens is 1. The molecule has 1 aromatic heterocycles. The Labute approximate surface area is 211 Å². The molecule has 5 rings (SSSR count). The van der Waals surface area contributed by atoms with E-state index in [2.05, 4.69) is 23.5 Å². The maximum atomic E-state index is 13.2. The number of imidazole rings is 1. The van der Waals surface area contributed by atoms with Crippen LogP contribution in [-0.2, 0) is 4.79 Å². The van der Waals surface area contributed by atoms with Crippen molar-refractivity contribution in [2.24, 2.45) is 11.8 Å². The Balaban J connectivity index is 1.20. The summed E-state index contributed by atoms with van der Waals surface area (Å²) in [6.07, 6.45) is 7.88. The highest BCUT2D eigenvalue weighted by molar-refractivity contribution is 5.88. The lowest BCUT2D eigenvalue weighted by Gasteiger charge is -2.39. The second-order valence-electron chi connectivity index (χ2n) is 10.4. The van der Waals surface area contributed by atoms with Crippen molar-refractivity contribution in [2.75, 3.05) is 26.2 Å². The summed E-state index contributed by atoms with van der Waals surface area (Å²) in [5.41, 5.74) is 2.54. The number of nitrogens with one attached hydrogen (secondary N) is 2. The zero-order valence-corrected chi connectivity index (χ0v) is 20.7. The Morgan fingerprint density at radius 3 is 2.50 bits per heavy atom. The third-order valence-electron chi connectivity index (χ3n) is 7.80. The van der Waals surface area contributed by atoms with Crippen LogP contribution in [0.5, 0.6) is 0 Å². The average Bonchev–Trinajstić information content (AvgIpc) is 3.64. The van der Waals surface area contributed by atoms with Crippen molar-refractivity contribution in [3.8, 4) is 11.3 Å². The molecule has 2 aliphatic heterocycles. The van der Waals surface area contributed by atoms with E-state index >= 15 is 0 Å². The largest absolute Gasteiger partial charge is 0.340 e. The molecule has 0 radical (unpaired) electrons. The van der Waals surface area contributed by atoms with Crippen LogP contribution in [0.15, 0.2) is 66.1 Å². The van der Waals surface area contributed by atoms with Gasteiger partial charge in [-0.25, -0.2) is 9.59 Å². The summed E-state index contributed by atoms with van der Waals surface area (Å²) in [5, 5.41) is 3.01. The molecular weight excluding hydrogens is 454 g/mol. The van der Waals surface area contributed by atoms with Crippen LogP contribution in [0.1, 0.15) is 38.1 Å². The second-order valence-corrected chi connectivity index (χ2v) is 10.4. The number of hydrogen-bond donors (Lipinski definition) is 2. The maximum absolute atomic E-state index is 13.2. The molecule has 3 heterocycles. The summed E-state index contributed by atoms with van der Waals surface area (Å²) in [4.78, 5) is 45.5. The lowest BCUT2D eigenvalue weighted by Crippen LogP contribution is -2.58. The zero-order chi connectivity index (χ0) is 25.2. The molecule has 2 atom stereocenters. The molecule has 0 bridgehead atoms. The van der Waals surface area contributed by atoms with Gasteiger partial charge in [0.15, 0.2) is 0 Å². The monoisotopic (exact) mass is 489 g/mol. The number of carbonyl (C=O) groups excluding carboxylic acids is 2. The van der Waals surface area contributed by atoms with Gasteiger partial charge in [-0.05, 0) is 43.6 Å². The number of nitrogens with zero attached hydrogens (tertiary/aromatic N) is 3. The Morgan fingerprint density at radius 1 is 1.11 bits per heavy atom. The van der Waals surface area contributed by atoms with E-state index < -0.39 is 6.04 Å². The van der Waals surface area contributed by atoms with Gasteiger partial charge in [-0.3, -0.25) is 9.36 Å². The van der Waals surface area contributed by atoms with E-state index in [1.165, 1.54) is 12.8 Å². The maximum Gasteiger partial charge on any atom is 0.326 e. The van der Waals surface area contributed by atoms with E-state index in [1.807, 2.05) is 41.4 Å². The van der Waals surface area contributed by atoms with Gasteiger partial charge in [-0.2, -0.15) is 0 Å². The number of allylic oxidation sites excluding steroid dienone is 1. The fourth-order valence-corrected chi connectivity index (χ4v) is 5.40. The predicted molar refractivity (Wildman–Crippen MR) is 139 cm³/mol. The number of likely N-dealkylation sites (tertiary alicyclic amines) is 2. The van der Waals surface area contributed by atoms with Crippen LogP contribution in [0.2, 0.25) is 0 Å². The van der Waals surface area contributed by atoms with Crippen LogP contribution >= 0.6 is 0 Å². The molecule has 2 N–H and O–H groups in total. The first-order valence-corrected chi connectivity index (χ1v) is 12.9. The molecule has 2 saturated heterocycles. The van der Waals surface area contributed by atoms with Gasteiger partial charge < -0.3 is 20.1 Å². The minimum atomic E-state index is -0.551. The summed E-state index contributed by atoms with van der Waals surface area (Å²) in [6.45, 7) is 10.4. The molecule has 36 heavy (non-hydrogen) atoms. The summed E-state index contributed by atoms with van der Waals surface area (Å²) < 4.78 is 1.75. The summed E-state index contributed by atoms with van der Waals surface area (Å²) >= 11 is 0. The fourth-order valence-electron chi connectivity index (χ4n) is 5.40. The van der Waals surface area contributed by atoms with E-state index in [0.717, 1.165) is 23.4 Å². The quantitative estimate of drug-likeness (QED) is 0.583. The standard InChI is InChI=1S/C28H35N5O3/c1-3-19(2)22-15-24(26(34)32(17-22)16-20-9-10-20)29-27(35)31-13-11-23(12-14-31)33-18-25(30-28(33)36)21-7-5-4-6-8-21/h3-8,18,20,22-24H,1-2,9-17H2,(H,29,35)(H,30,36). The van der Waals surface area contributed by atoms with Gasteiger partial charge in [0.05, 0.1) is 5.69 Å². The highest BCUT2D eigenvalue weighted by Gasteiger charge is 2.39. The number of benzene rings is 1. The van der Waals surface area contributed by atoms with Crippen LogP contribution < -0.4 is 11.0 Å². The van der Waals surface area contributed by atoms with Crippen LogP contribution in [-0.4, -0.2) is 63.5 Å². The molecular formula is C28H35N5O3. The SMILES string of the molecule is C=CC(=C)C1CC(NC(=O)N2CCC(n3cc(-c4ccccc4)[nH]c3=O)CC2)C(=O)N(CC2CC2)C1. The Bertz CT molecular complexity index is 1190. The molecule has 2 aromatic rings. The summed E-state index contributed by atoms with van der Waals surface area (Å²) in [7, 11) is 0. The molecule has 8 heteroatoms. The minimum absolute atomic E-state index is 0.00515. The zero-order valence-electron chi connectivity index (χ0n) is 20.7. The van der Waals surface area contributed by atoms with Crippen molar-refractivity contribution in [2.45, 2.75) is 44.2 Å². The summed E-state index contributed by atoms with van der Waals surface area (Å²) in [5.74, 6) is 0.694. The van der Waals surface area contributed by atoms with Crippen molar-refractivity contribution in [3.63, 3.8) is 0 Å². The summed E-state index contributed by atoms with van der Waals surface area (Å²) in [6, 6.07) is 9.03. The van der Waals surface area contributed by atoms with Crippen molar-refractivity contribution < 1.29 is 9.59 Å². The number of piperidine rings is 2. The van der Waals surface area contributed by atoms with E-state index in [0.29, 0.717) is 44.8 Å². The molecule has 1 saturated carbocycles. The van der Waals surface area contributed by atoms with Crippen molar-refractivity contribution in [1.29, 1.82) is 0 Å². The topological polar surface area (TPSA) is 90.4 Å². The van der Waals surface area contributed by atoms with Crippen molar-refractivity contribution >= 4 is 11.9 Å². The Hall–Kier alpha value is -3.55. The third kappa shape index (κ3) is 5.17. The number of urea groups is 1. The van der Waals surface area contributed by atoms with Gasteiger partial charge in [0, 0.05) is 44.3 Å². The van der Waals surface area contributed by atoms with Crippen LogP contribution in [0.4, 0.5) is 4.79 Å². The normalized spacial score (nSPS) is 22.9. The third-order valence-corrected chi connectivity index (χ3v) is 7.80. The number of aromatic amines is 1. The minimum Gasteiger partial charge on any atom is -0.340 e.